The fourth-order valence-electron chi connectivity index (χ4n) is 7.88. The van der Waals surface area contributed by atoms with Gasteiger partial charge < -0.3 is 8.77 Å². The molecule has 36 heteroatoms. The lowest BCUT2D eigenvalue weighted by molar-refractivity contribution is 0.380. The summed E-state index contributed by atoms with van der Waals surface area (Å²) in [6, 6.07) is 8.16. The Morgan fingerprint density at radius 3 is 0.659 bits per heavy atom. The molecule has 0 bridgehead atoms. The monoisotopic (exact) mass is 1270 g/mol. The molecule has 1 heterocycles. The Bertz CT molecular complexity index is 3230. The van der Waals surface area contributed by atoms with Crippen molar-refractivity contribution < 1.29 is 136 Å². The van der Waals surface area contributed by atoms with Gasteiger partial charge in [-0.05, 0) is 24.3 Å². The second kappa shape index (κ2) is 25.8. The van der Waals surface area contributed by atoms with E-state index >= 15 is 0 Å². The number of hydrogen-bond acceptors (Lipinski definition) is 2. The Labute approximate surface area is 458 Å². The van der Waals surface area contributed by atoms with E-state index in [1.807, 2.05) is 30.5 Å². The van der Waals surface area contributed by atoms with Gasteiger partial charge in [0.05, 0.1) is 5.75 Å². The summed E-state index contributed by atoms with van der Waals surface area (Å²) in [7, 11) is 0. The van der Waals surface area contributed by atoms with Gasteiger partial charge in [-0.15, -0.1) is 0 Å². The maximum Gasteiger partial charge on any atom is 0.546 e. The van der Waals surface area contributed by atoms with Crippen molar-refractivity contribution in [2.24, 2.45) is 0 Å². The van der Waals surface area contributed by atoms with Crippen LogP contribution >= 0.6 is 0 Å². The molecule has 3 nitrogen and oxygen atoms in total. The molecule has 0 saturated carbocycles. The van der Waals surface area contributed by atoms with Gasteiger partial charge in [0.15, 0.2) is 175 Å². The Hall–Kier alpha value is -7.89. The molecule has 8 rings (SSSR count). The third kappa shape index (κ3) is 11.7. The summed E-state index contributed by atoms with van der Waals surface area (Å²) in [5, 5.41) is 2.35. The average molecular weight is 1270 g/mol. The first-order valence-electron chi connectivity index (χ1n) is 22.5. The standard InChI is InChI=1S/2C18BF15.C9H8N2O.2C2H5.Al/c2*20-4-1(5(21)11(27)16(32)10(4)26)19(2-6(22)12(28)17(33)13(29)7(2)23)3-8(24)14(30)18(34)15(31)9(3)25;12-8-3-1-7(2-4-8)9-10-5-6-11-9;2*1-2;/h;;1-6,12H,(H,10,11);2*1H2,2H3;/q;;;;;+1/p-1. The normalized spacial score (nSPS) is 11.2. The summed E-state index contributed by atoms with van der Waals surface area (Å²) in [4.78, 5) is 7.31. The van der Waals surface area contributed by atoms with E-state index in [1.54, 1.807) is 6.20 Å². The summed E-state index contributed by atoms with van der Waals surface area (Å²) >= 11 is -1.02. The summed E-state index contributed by atoms with van der Waals surface area (Å²) < 4.78 is 423. The molecule has 0 spiro atoms. The Morgan fingerprint density at radius 2 is 0.494 bits per heavy atom. The number of nitrogens with zero attached hydrogens (tertiary/aromatic N) is 1. The third-order valence-electron chi connectivity index (χ3n) is 12.0. The molecule has 0 saturated heterocycles. The molecule has 0 aliphatic heterocycles. The minimum Gasteiger partial charge on any atom is -0.643 e. The van der Waals surface area contributed by atoms with Crippen LogP contribution in [0.15, 0.2) is 36.7 Å². The maximum absolute atomic E-state index is 14.4. The lowest BCUT2D eigenvalue weighted by Crippen LogP contribution is -2.60. The molecule has 85 heavy (non-hydrogen) atoms. The molecule has 0 aliphatic carbocycles. The number of nitrogens with one attached hydrogen (secondary N) is 1. The van der Waals surface area contributed by atoms with Crippen molar-refractivity contribution in [1.82, 2.24) is 9.97 Å². The fourth-order valence-corrected chi connectivity index (χ4v) is 9.33. The van der Waals surface area contributed by atoms with Crippen LogP contribution in [0.3, 0.4) is 0 Å². The van der Waals surface area contributed by atoms with Crippen molar-refractivity contribution in [3.05, 3.63) is 211 Å². The Morgan fingerprint density at radius 1 is 0.306 bits per heavy atom. The van der Waals surface area contributed by atoms with Crippen molar-refractivity contribution in [2.75, 3.05) is 0 Å². The van der Waals surface area contributed by atoms with E-state index in [0.29, 0.717) is 0 Å². The first-order chi connectivity index (χ1) is 39.7. The van der Waals surface area contributed by atoms with Crippen LogP contribution in [0, 0.1) is 175 Å². The van der Waals surface area contributed by atoms with Crippen LogP contribution in [0.4, 0.5) is 132 Å². The van der Waals surface area contributed by atoms with E-state index in [1.165, 1.54) is 10.6 Å². The second-order valence-corrected chi connectivity index (χ2v) is 19.9. The number of rotatable bonds is 11. The number of halogens is 30. The highest BCUT2D eigenvalue weighted by atomic mass is 27.2. The third-order valence-corrected chi connectivity index (χ3v) is 14.5. The highest BCUT2D eigenvalue weighted by molar-refractivity contribution is 6.96. The molecular weight excluding hydrogens is 1250 g/mol. The first kappa shape index (κ1) is 66.3. The Kier molecular flexibility index (Phi) is 20.1. The highest BCUT2D eigenvalue weighted by Crippen LogP contribution is 2.27. The van der Waals surface area contributed by atoms with Crippen LogP contribution in [-0.2, 0) is 0 Å². The zero-order valence-electron chi connectivity index (χ0n) is 40.8. The van der Waals surface area contributed by atoms with Gasteiger partial charge in [-0.3, -0.25) is 0 Å². The lowest BCUT2D eigenvalue weighted by Gasteiger charge is -2.21. The summed E-state index contributed by atoms with van der Waals surface area (Å²) in [6.45, 7) is -3.51. The van der Waals surface area contributed by atoms with Gasteiger partial charge in [-0.2, -0.15) is 0 Å². The van der Waals surface area contributed by atoms with E-state index in [9.17, 15) is 132 Å². The molecule has 0 atom stereocenters. The van der Waals surface area contributed by atoms with E-state index in [-0.39, 0.29) is 0 Å². The van der Waals surface area contributed by atoms with Gasteiger partial charge in [-0.25, -0.2) is 137 Å². The second-order valence-electron chi connectivity index (χ2n) is 16.8. The zero-order chi connectivity index (χ0) is 64.0. The quantitative estimate of drug-likeness (QED) is 0.0607. The van der Waals surface area contributed by atoms with Crippen molar-refractivity contribution in [3.63, 3.8) is 0 Å². The van der Waals surface area contributed by atoms with Gasteiger partial charge in [-0.1, -0.05) is 24.4 Å². The summed E-state index contributed by atoms with van der Waals surface area (Å²) in [5.41, 5.74) is -15.0. The molecule has 0 aliphatic rings. The number of imidazole rings is 1. The predicted octanol–water partition coefficient (Wildman–Crippen LogP) is 12.1. The fraction of sp³-hybridized carbons (Fsp3) is 0.0816. The first-order valence-corrected chi connectivity index (χ1v) is 24.6. The Balaban J connectivity index is 0.000000216. The molecular formula is C49H17AlB2F30N2O. The predicted molar refractivity (Wildman–Crippen MR) is 238 cm³/mol. The van der Waals surface area contributed by atoms with Crippen LogP contribution in [-0.4, -0.2) is 37.9 Å². The van der Waals surface area contributed by atoms with E-state index in [2.05, 4.69) is 23.8 Å². The van der Waals surface area contributed by atoms with Gasteiger partial charge in [0.1, 0.15) is 5.82 Å². The number of benzene rings is 7. The molecule has 7 aromatic carbocycles. The van der Waals surface area contributed by atoms with E-state index in [0.717, 1.165) is 17.1 Å². The molecule has 8 aromatic rings. The SMILES string of the molecule is C[CH2][Al]([CH2]C)[O]c1ccc(-c2ncc[nH]2)cc1.Fc1c(F)c(F)c(B(c2c(F)c(F)c(F)c(F)c2F)c2c(F)c(F)c(F)c(F)c2F)c(F)c1F.Fc1c(F)c(F)c(B(c2c(F)c(F)c(F)c(F)c2F)c2c(F)c(F)c(F)c(F)c2F)c(F)c1F. The summed E-state index contributed by atoms with van der Waals surface area (Å²) in [6.07, 6.45) is 3.59. The van der Waals surface area contributed by atoms with Crippen molar-refractivity contribution >= 4 is 60.7 Å². The van der Waals surface area contributed by atoms with E-state index < -0.39 is 235 Å². The number of H-pyrrole nitrogens is 1. The number of hydrogen-bond donors (Lipinski definition) is 1. The maximum atomic E-state index is 14.4. The lowest BCUT2D eigenvalue weighted by atomic mass is 9.36. The molecule has 0 fully saturated rings. The van der Waals surface area contributed by atoms with Crippen LogP contribution in [0.1, 0.15) is 13.8 Å². The molecule has 1 N–H and O–H groups in total. The van der Waals surface area contributed by atoms with Crippen LogP contribution in [0.5, 0.6) is 5.75 Å². The van der Waals surface area contributed by atoms with Crippen LogP contribution < -0.4 is 36.6 Å². The van der Waals surface area contributed by atoms with Crippen molar-refractivity contribution in [1.29, 1.82) is 0 Å². The molecule has 448 valence electrons. The topological polar surface area (TPSA) is 37.9 Å². The zero-order valence-corrected chi connectivity index (χ0v) is 42.0. The average Bonchev–Trinajstić information content (AvgIpc) is 1.13. The largest absolute Gasteiger partial charge is 0.643 e. The van der Waals surface area contributed by atoms with Gasteiger partial charge in [0, 0.05) is 50.7 Å². The van der Waals surface area contributed by atoms with Crippen molar-refractivity contribution in [3.8, 4) is 17.1 Å². The minimum atomic E-state index is -3.96. The van der Waals surface area contributed by atoms with Crippen LogP contribution in [0.25, 0.3) is 11.4 Å². The van der Waals surface area contributed by atoms with Crippen LogP contribution in [0.2, 0.25) is 10.6 Å². The smallest absolute Gasteiger partial charge is 0.546 e. The summed E-state index contributed by atoms with van der Waals surface area (Å²) in [5.74, 6) is -88.6. The van der Waals surface area contributed by atoms with Gasteiger partial charge in [0.25, 0.3) is 13.4 Å². The highest BCUT2D eigenvalue weighted by Gasteiger charge is 2.47. The molecule has 1 aromatic heterocycles. The minimum absolute atomic E-state index is 0.899. The number of aromatic amines is 1. The van der Waals surface area contributed by atoms with Gasteiger partial charge in [0.2, 0.25) is 0 Å². The molecule has 0 unspecified atom stereocenters. The number of aromatic nitrogens is 2. The molecule has 0 amide bonds. The van der Waals surface area contributed by atoms with Gasteiger partial charge >= 0.3 is 14.5 Å². The van der Waals surface area contributed by atoms with E-state index in [4.69, 9.17) is 3.79 Å². The molecule has 0 radical (unpaired) electrons. The van der Waals surface area contributed by atoms with Crippen molar-refractivity contribution in [2.45, 2.75) is 24.4 Å².